The fourth-order valence-electron chi connectivity index (χ4n) is 19.2. The smallest absolute Gasteiger partial charge is 0.411 e. The molecule has 624 valence electrons. The predicted molar refractivity (Wildman–Crippen MR) is 453 cm³/mol. The largest absolute Gasteiger partial charge is 0.453 e. The zero-order chi connectivity index (χ0) is 82.4. The summed E-state index contributed by atoms with van der Waals surface area (Å²) in [5.74, 6) is 3.36. The molecule has 4 bridgehead atoms. The van der Waals surface area contributed by atoms with Gasteiger partial charge in [0, 0.05) is 50.5 Å². The Morgan fingerprint density at radius 3 is 1.19 bits per heavy atom. The van der Waals surface area contributed by atoms with Crippen LogP contribution in [0, 0.1) is 22.7 Å². The van der Waals surface area contributed by atoms with Crippen molar-refractivity contribution in [1.29, 1.82) is 0 Å². The molecule has 26 nitrogen and oxygen atoms in total. The minimum Gasteiger partial charge on any atom is -0.453 e. The monoisotopic (exact) mass is 1610 g/mol. The molecule has 18 rings (SSSR count). The summed E-state index contributed by atoms with van der Waals surface area (Å²) in [6, 6.07) is 40.5. The third-order valence-electron chi connectivity index (χ3n) is 25.9. The number of H-pyrrole nitrogens is 4. The Labute approximate surface area is 694 Å². The summed E-state index contributed by atoms with van der Waals surface area (Å²) in [5.41, 5.74) is 11.3. The quantitative estimate of drug-likeness (QED) is 0.0435. The fourth-order valence-corrected chi connectivity index (χ4v) is 19.2. The highest BCUT2D eigenvalue weighted by Gasteiger charge is 2.58. The maximum absolute atomic E-state index is 14.1. The maximum atomic E-state index is 14.1. The molecule has 0 radical (unpaired) electrons. The van der Waals surface area contributed by atoms with E-state index >= 15 is 0 Å². The molecular formula is C93H110N14O12. The summed E-state index contributed by atoms with van der Waals surface area (Å²) in [6.45, 7) is 16.3. The molecule has 6 amide bonds. The van der Waals surface area contributed by atoms with E-state index in [2.05, 4.69) is 152 Å². The molecule has 4 saturated heterocycles. The number of benzene rings is 6. The molecule has 8 heterocycles. The van der Waals surface area contributed by atoms with Crippen molar-refractivity contribution < 1.29 is 57.2 Å². The lowest BCUT2D eigenvalue weighted by Gasteiger charge is -2.37. The lowest BCUT2D eigenvalue weighted by molar-refractivity contribution is -0.141. The van der Waals surface area contributed by atoms with Gasteiger partial charge in [-0.15, -0.1) is 0 Å². The van der Waals surface area contributed by atoms with E-state index in [1.54, 1.807) is 13.8 Å². The van der Waals surface area contributed by atoms with Crippen LogP contribution in [0.2, 0.25) is 0 Å². The van der Waals surface area contributed by atoms with Crippen molar-refractivity contribution in [3.63, 3.8) is 0 Å². The van der Waals surface area contributed by atoms with Gasteiger partial charge in [-0.05, 0) is 234 Å². The second-order valence-corrected chi connectivity index (χ2v) is 36.0. The maximum Gasteiger partial charge on any atom is 0.411 e. The average molecular weight is 1620 g/mol. The van der Waals surface area contributed by atoms with E-state index in [1.165, 1.54) is 28.4 Å². The van der Waals surface area contributed by atoms with Gasteiger partial charge in [0.2, 0.25) is 11.8 Å². The van der Waals surface area contributed by atoms with Gasteiger partial charge in [0.15, 0.2) is 0 Å². The Hall–Kier alpha value is -11.4. The van der Waals surface area contributed by atoms with Crippen molar-refractivity contribution in [2.24, 2.45) is 22.7 Å². The molecule has 26 heteroatoms. The Balaban J connectivity index is 0.000000178. The number of carbonyl (C=O) groups excluding carboxylic acids is 6. The average Bonchev–Trinajstić information content (AvgIpc) is 2.48. The number of ether oxygens (including phenoxy) is 6. The topological polar surface area (TPSA) is 310 Å². The number of imidazole rings is 4. The van der Waals surface area contributed by atoms with Crippen LogP contribution in [-0.4, -0.2) is 185 Å². The van der Waals surface area contributed by atoms with Gasteiger partial charge in [-0.3, -0.25) is 19.4 Å². The summed E-state index contributed by atoms with van der Waals surface area (Å²) in [7, 11) is 5.59. The van der Waals surface area contributed by atoms with E-state index in [-0.39, 0.29) is 84.4 Å². The van der Waals surface area contributed by atoms with Crippen molar-refractivity contribution >= 4 is 57.7 Å². The van der Waals surface area contributed by atoms with E-state index in [0.717, 1.165) is 196 Å². The second-order valence-electron chi connectivity index (χ2n) is 36.0. The van der Waals surface area contributed by atoms with Crippen molar-refractivity contribution in [1.82, 2.24) is 70.1 Å². The van der Waals surface area contributed by atoms with Crippen LogP contribution in [0.25, 0.3) is 88.8 Å². The number of aromatic nitrogens is 8. The summed E-state index contributed by atoms with van der Waals surface area (Å²) >= 11 is 0. The molecule has 2 spiro atoms. The molecule has 8 aliphatic rings. The zero-order valence-corrected chi connectivity index (χ0v) is 69.2. The fraction of sp³-hybridized carbons (Fsp3) is 0.462. The highest BCUT2D eigenvalue weighted by molar-refractivity contribution is 5.93. The Morgan fingerprint density at radius 2 is 0.773 bits per heavy atom. The molecule has 4 saturated carbocycles. The van der Waals surface area contributed by atoms with Crippen molar-refractivity contribution in [3.8, 4) is 67.3 Å². The molecule has 4 aliphatic heterocycles. The van der Waals surface area contributed by atoms with E-state index in [1.807, 2.05) is 85.9 Å². The molecule has 8 fully saturated rings. The second kappa shape index (κ2) is 32.1. The number of fused-ring (bicyclic) bond motifs is 6. The zero-order valence-electron chi connectivity index (χ0n) is 69.2. The number of likely N-dealkylation sites (tertiary alicyclic amines) is 4. The third kappa shape index (κ3) is 16.4. The van der Waals surface area contributed by atoms with Crippen molar-refractivity contribution in [3.05, 3.63) is 169 Å². The number of piperidine rings is 2. The van der Waals surface area contributed by atoms with Crippen LogP contribution < -0.4 is 10.6 Å². The van der Waals surface area contributed by atoms with Gasteiger partial charge in [0.05, 0.1) is 98.2 Å². The van der Waals surface area contributed by atoms with Crippen LogP contribution in [0.5, 0.6) is 0 Å². The Bertz CT molecular complexity index is 5450. The molecular weight excluding hydrogens is 1510 g/mol. The van der Waals surface area contributed by atoms with Crippen LogP contribution in [0.15, 0.2) is 146 Å². The number of aromatic amines is 4. The first-order valence-corrected chi connectivity index (χ1v) is 41.5. The minimum atomic E-state index is -0.899. The Kier molecular flexibility index (Phi) is 21.9. The van der Waals surface area contributed by atoms with E-state index in [0.29, 0.717) is 12.5 Å². The summed E-state index contributed by atoms with van der Waals surface area (Å²) in [5, 5.41) is 9.84. The first-order chi connectivity index (χ1) is 56.6. The number of rotatable bonds is 18. The van der Waals surface area contributed by atoms with Gasteiger partial charge in [-0.25, -0.2) is 39.1 Å². The minimum absolute atomic E-state index is 0. The van der Waals surface area contributed by atoms with Crippen LogP contribution >= 0.6 is 0 Å². The van der Waals surface area contributed by atoms with Crippen LogP contribution in [0.4, 0.5) is 19.2 Å². The predicted octanol–water partition coefficient (Wildman–Crippen LogP) is 17.8. The van der Waals surface area contributed by atoms with Crippen molar-refractivity contribution in [2.75, 3.05) is 41.5 Å². The first-order valence-electron chi connectivity index (χ1n) is 41.5. The number of nitrogens with zero attached hydrogens (tertiary/aromatic N) is 8. The molecule has 4 aromatic heterocycles. The van der Waals surface area contributed by atoms with Crippen molar-refractivity contribution in [2.45, 2.75) is 212 Å². The number of carbonyl (C=O) groups is 6. The summed E-state index contributed by atoms with van der Waals surface area (Å²) in [6.07, 6.45) is 16.5. The molecule has 119 heavy (non-hydrogen) atoms. The van der Waals surface area contributed by atoms with Crippen LogP contribution in [0.3, 0.4) is 0 Å². The number of methoxy groups -OCH3 is 4. The summed E-state index contributed by atoms with van der Waals surface area (Å²) < 4.78 is 32.2. The third-order valence-corrected chi connectivity index (χ3v) is 25.9. The lowest BCUT2D eigenvalue weighted by Crippen LogP contribution is -2.56. The number of hydrogen-bond acceptors (Lipinski definition) is 16. The van der Waals surface area contributed by atoms with Gasteiger partial charge in [0.25, 0.3) is 0 Å². The summed E-state index contributed by atoms with van der Waals surface area (Å²) in [4.78, 5) is 120. The number of alkyl carbamates (subject to hydrolysis) is 2. The lowest BCUT2D eigenvalue weighted by atomic mass is 9.96. The molecule has 6 aromatic carbocycles. The van der Waals surface area contributed by atoms with Crippen LogP contribution in [0.1, 0.15) is 187 Å². The molecule has 2 unspecified atom stereocenters. The van der Waals surface area contributed by atoms with E-state index in [9.17, 15) is 28.8 Å². The van der Waals surface area contributed by atoms with Gasteiger partial charge in [0.1, 0.15) is 46.6 Å². The molecule has 4 aliphatic carbocycles. The molecule has 6 N–H and O–H groups in total. The Morgan fingerprint density at radius 1 is 0.429 bits per heavy atom. The number of hydrogen-bond donors (Lipinski definition) is 6. The molecule has 12 atom stereocenters. The number of nitrogens with one attached hydrogen (secondary N) is 6. The first kappa shape index (κ1) is 81.4. The van der Waals surface area contributed by atoms with Gasteiger partial charge in [-0.2, -0.15) is 0 Å². The highest BCUT2D eigenvalue weighted by Crippen LogP contribution is 2.60. The molecule has 10 aromatic rings. The van der Waals surface area contributed by atoms with Crippen LogP contribution in [-0.2, 0) is 38.0 Å². The standard InChI is InChI=1S/C48H56N8O8.C44H50N6O4.CH4/c1-26(61-3)39(53-46(59)63-5)44(57)55-25-48(17-18-48)22-38(55)42-49-24-37(51-42)33-14-13-31-19-30(11-12-32(31)20-33)28-7-9-29(10-8-28)36-23-50-43(52-36)41-34-15-16-35(21-34)56(41)45(58)40(27(2)62-4)54-47(60)64-6;1-42(2,3)53-40(51)49-25-44(17-18-44)22-36(49)38-45-24-35(47-38)31-14-13-29-19-28(11-12-30(29)20-31)26-7-9-27(10-8-26)34-23-46-39(48-34)37-32-15-16-33(21-32)50(37)41(52)54-43(4,5)6;/h7-14,19-20,23-24,26-27,34-35,38-41H,15-18,21-22,25H2,1-6H3,(H,49,51)(H,50,52)(H,53,59)(H,54,60);7-14,19-20,23-24,32-33,36-37H,15-18,21-22,25H2,1-6H3,(H,45,47)(H,46,48);1H4/t26?,27?,34-,35+,38-,39-,40-,41-;32-,33+,36-,37-;/m00./s1. The highest BCUT2D eigenvalue weighted by atomic mass is 16.6. The number of amides is 6. The van der Waals surface area contributed by atoms with Gasteiger partial charge >= 0.3 is 24.4 Å². The van der Waals surface area contributed by atoms with Gasteiger partial charge in [-0.1, -0.05) is 104 Å². The van der Waals surface area contributed by atoms with Gasteiger partial charge < -0.3 is 68.8 Å². The SMILES string of the molecule is C.CC(C)(C)OC(=O)N1CC2(CC2)C[C@H]1c1ncc(-c2ccc3cc(-c4ccc(-c5cnc([C@@H]6[C@H]7CC[C@H](C7)N6C(=O)OC(C)(C)C)[nH]5)cc4)ccc3c2)[nH]1.COC(=O)N[C@H](C(=O)N1CC2(CC2)C[C@H]1c1ncc(-c2ccc3cc(-c4ccc(-c5cnc([C@@H]6[C@H]7CC[C@H](C7)N6C(=O)[C@@H](NC(=O)OC)C(C)OC)[nH]5)cc4)ccc3c2)[nH]1)C(C)OC. The normalized spacial score (nSPS) is 22.6. The van der Waals surface area contributed by atoms with E-state index in [4.69, 9.17) is 48.4 Å². The van der Waals surface area contributed by atoms with E-state index < -0.39 is 47.7 Å².